The van der Waals surface area contributed by atoms with E-state index in [0.717, 1.165) is 22.6 Å². The van der Waals surface area contributed by atoms with Gasteiger partial charge in [-0.05, 0) is 30.0 Å². The van der Waals surface area contributed by atoms with Crippen molar-refractivity contribution in [1.29, 1.82) is 0 Å². The smallest absolute Gasteiger partial charge is 0.123 e. The van der Waals surface area contributed by atoms with E-state index in [1.807, 2.05) is 6.07 Å². The van der Waals surface area contributed by atoms with E-state index >= 15 is 0 Å². The van der Waals surface area contributed by atoms with Gasteiger partial charge in [0, 0.05) is 16.1 Å². The van der Waals surface area contributed by atoms with Crippen molar-refractivity contribution in [1.82, 2.24) is 0 Å². The van der Waals surface area contributed by atoms with Crippen LogP contribution in [-0.2, 0) is 5.41 Å². The third-order valence-corrected chi connectivity index (χ3v) is 6.32. The van der Waals surface area contributed by atoms with E-state index in [1.165, 1.54) is 31.7 Å². The van der Waals surface area contributed by atoms with E-state index in [-0.39, 0.29) is 11.2 Å². The molecule has 1 aromatic carbocycles. The van der Waals surface area contributed by atoms with Crippen molar-refractivity contribution in [3.8, 4) is 0 Å². The van der Waals surface area contributed by atoms with Crippen LogP contribution in [0, 0.1) is 11.7 Å². The van der Waals surface area contributed by atoms with Gasteiger partial charge in [-0.3, -0.25) is 0 Å². The van der Waals surface area contributed by atoms with Crippen molar-refractivity contribution in [2.24, 2.45) is 5.92 Å². The van der Waals surface area contributed by atoms with Crippen LogP contribution in [-0.4, -0.2) is 10.7 Å². The second-order valence-corrected chi connectivity index (χ2v) is 6.80. The molecule has 0 saturated carbocycles. The number of rotatable bonds is 9. The molecular formula is C17H25Br2F. The molecule has 0 spiro atoms. The summed E-state index contributed by atoms with van der Waals surface area (Å²) in [6.45, 7) is 4.50. The number of hydrogen-bond donors (Lipinski definition) is 0. The van der Waals surface area contributed by atoms with Gasteiger partial charge in [-0.1, -0.05) is 83.5 Å². The molecule has 1 rings (SSSR count). The lowest BCUT2D eigenvalue weighted by molar-refractivity contribution is 0.337. The first kappa shape index (κ1) is 18.2. The molecule has 0 bridgehead atoms. The number of benzene rings is 1. The Morgan fingerprint density at radius 1 is 1.20 bits per heavy atom. The predicted octanol–water partition coefficient (Wildman–Crippen LogP) is 6.46. The highest BCUT2D eigenvalue weighted by molar-refractivity contribution is 9.09. The van der Waals surface area contributed by atoms with Crippen molar-refractivity contribution in [3.63, 3.8) is 0 Å². The van der Waals surface area contributed by atoms with Gasteiger partial charge in [-0.25, -0.2) is 4.39 Å². The minimum absolute atomic E-state index is 0.0173. The molecule has 0 nitrogen and oxygen atoms in total. The van der Waals surface area contributed by atoms with Crippen molar-refractivity contribution < 1.29 is 4.39 Å². The molecule has 20 heavy (non-hydrogen) atoms. The van der Waals surface area contributed by atoms with Crippen LogP contribution < -0.4 is 0 Å². The van der Waals surface area contributed by atoms with Gasteiger partial charge >= 0.3 is 0 Å². The highest BCUT2D eigenvalue weighted by Crippen LogP contribution is 2.38. The molecule has 0 radical (unpaired) electrons. The Morgan fingerprint density at radius 2 is 1.90 bits per heavy atom. The van der Waals surface area contributed by atoms with Gasteiger partial charge in [0.25, 0.3) is 0 Å². The van der Waals surface area contributed by atoms with Gasteiger partial charge in [0.15, 0.2) is 0 Å². The van der Waals surface area contributed by atoms with Gasteiger partial charge in [-0.2, -0.15) is 0 Å². The van der Waals surface area contributed by atoms with Crippen molar-refractivity contribution in [2.75, 3.05) is 10.7 Å². The van der Waals surface area contributed by atoms with Gasteiger partial charge in [0.2, 0.25) is 0 Å². The summed E-state index contributed by atoms with van der Waals surface area (Å²) in [5.41, 5.74) is 1.08. The van der Waals surface area contributed by atoms with Crippen LogP contribution in [0.3, 0.4) is 0 Å². The van der Waals surface area contributed by atoms with E-state index in [1.54, 1.807) is 6.07 Å². The zero-order valence-corrected chi connectivity index (χ0v) is 15.6. The Labute approximate surface area is 139 Å². The van der Waals surface area contributed by atoms with Gasteiger partial charge in [0.05, 0.1) is 0 Å². The van der Waals surface area contributed by atoms with Crippen molar-refractivity contribution in [2.45, 2.75) is 51.4 Å². The SMILES string of the molecule is CCCCC(CC)CC(CBr)(CBr)c1cccc(F)c1. The molecular weight excluding hydrogens is 383 g/mol. The Kier molecular flexibility index (Phi) is 8.35. The molecule has 3 heteroatoms. The Balaban J connectivity index is 2.96. The molecule has 0 aromatic heterocycles. The Hall–Kier alpha value is 0.110. The highest BCUT2D eigenvalue weighted by atomic mass is 79.9. The highest BCUT2D eigenvalue weighted by Gasteiger charge is 2.32. The van der Waals surface area contributed by atoms with Crippen molar-refractivity contribution >= 4 is 31.9 Å². The van der Waals surface area contributed by atoms with E-state index in [2.05, 4.69) is 51.8 Å². The second kappa shape index (κ2) is 9.19. The zero-order valence-electron chi connectivity index (χ0n) is 12.5. The largest absolute Gasteiger partial charge is 0.207 e. The summed E-state index contributed by atoms with van der Waals surface area (Å²) in [4.78, 5) is 0. The zero-order chi connectivity index (χ0) is 15.0. The standard InChI is InChI=1S/C17H25Br2F/c1-3-5-7-14(4-2)11-17(12-18,13-19)15-8-6-9-16(20)10-15/h6,8-10,14H,3-5,7,11-13H2,1-2H3. The molecule has 114 valence electrons. The molecule has 0 amide bonds. The third kappa shape index (κ3) is 4.84. The maximum atomic E-state index is 13.6. The van der Waals surface area contributed by atoms with Crippen molar-refractivity contribution in [3.05, 3.63) is 35.6 Å². The second-order valence-electron chi connectivity index (χ2n) is 5.68. The van der Waals surface area contributed by atoms with E-state index < -0.39 is 0 Å². The first-order valence-electron chi connectivity index (χ1n) is 7.49. The summed E-state index contributed by atoms with van der Waals surface area (Å²) in [6.07, 6.45) is 6.08. The monoisotopic (exact) mass is 406 g/mol. The maximum Gasteiger partial charge on any atom is 0.123 e. The third-order valence-electron chi connectivity index (χ3n) is 4.17. The molecule has 1 unspecified atom stereocenters. The number of unbranched alkanes of at least 4 members (excludes halogenated alkanes) is 1. The fourth-order valence-electron chi connectivity index (χ4n) is 2.73. The lowest BCUT2D eigenvalue weighted by atomic mass is 9.75. The topological polar surface area (TPSA) is 0 Å². The summed E-state index contributed by atoms with van der Waals surface area (Å²) in [5, 5.41) is 1.72. The fourth-order valence-corrected chi connectivity index (χ4v) is 4.77. The van der Waals surface area contributed by atoms with E-state index in [0.29, 0.717) is 5.92 Å². The Bertz CT molecular complexity index is 388. The average molecular weight is 408 g/mol. The number of alkyl halides is 2. The summed E-state index contributed by atoms with van der Waals surface area (Å²) in [6, 6.07) is 7.08. The van der Waals surface area contributed by atoms with Gasteiger partial charge in [0.1, 0.15) is 5.82 Å². The Morgan fingerprint density at radius 3 is 2.40 bits per heavy atom. The molecule has 0 heterocycles. The van der Waals surface area contributed by atoms with Crippen LogP contribution in [0.15, 0.2) is 24.3 Å². The molecule has 0 aliphatic carbocycles. The van der Waals surface area contributed by atoms with E-state index in [4.69, 9.17) is 0 Å². The minimum atomic E-state index is -0.143. The molecule has 1 atom stereocenters. The molecule has 0 saturated heterocycles. The average Bonchev–Trinajstić information content (AvgIpc) is 2.48. The van der Waals surface area contributed by atoms with Crippen LogP contribution in [0.4, 0.5) is 4.39 Å². The molecule has 0 N–H and O–H groups in total. The van der Waals surface area contributed by atoms with Crippen LogP contribution in [0.1, 0.15) is 51.5 Å². The van der Waals surface area contributed by atoms with Crippen LogP contribution in [0.2, 0.25) is 0 Å². The maximum absolute atomic E-state index is 13.6. The fraction of sp³-hybridized carbons (Fsp3) is 0.647. The minimum Gasteiger partial charge on any atom is -0.207 e. The lowest BCUT2D eigenvalue weighted by Gasteiger charge is -2.34. The summed E-state index contributed by atoms with van der Waals surface area (Å²) < 4.78 is 13.6. The van der Waals surface area contributed by atoms with Gasteiger partial charge in [-0.15, -0.1) is 0 Å². The first-order chi connectivity index (χ1) is 9.61. The van der Waals surface area contributed by atoms with Crippen LogP contribution >= 0.6 is 31.9 Å². The normalized spacial score (nSPS) is 13.4. The summed E-state index contributed by atoms with van der Waals surface area (Å²) in [7, 11) is 0. The molecule has 1 aromatic rings. The number of hydrogen-bond acceptors (Lipinski definition) is 0. The van der Waals surface area contributed by atoms with Crippen LogP contribution in [0.25, 0.3) is 0 Å². The molecule has 0 aliphatic heterocycles. The molecule has 0 aliphatic rings. The predicted molar refractivity (Wildman–Crippen MR) is 93.6 cm³/mol. The summed E-state index contributed by atoms with van der Waals surface area (Å²) in [5.74, 6) is 0.559. The quantitative estimate of drug-likeness (QED) is 0.412. The van der Waals surface area contributed by atoms with Crippen LogP contribution in [0.5, 0.6) is 0 Å². The number of halogens is 3. The van der Waals surface area contributed by atoms with Gasteiger partial charge < -0.3 is 0 Å². The van der Waals surface area contributed by atoms with E-state index in [9.17, 15) is 4.39 Å². The first-order valence-corrected chi connectivity index (χ1v) is 9.74. The molecule has 0 fully saturated rings. The lowest BCUT2D eigenvalue weighted by Crippen LogP contribution is -2.33. The summed E-state index contributed by atoms with van der Waals surface area (Å²) >= 11 is 7.34.